The van der Waals surface area contributed by atoms with E-state index in [1.54, 1.807) is 12.1 Å². The van der Waals surface area contributed by atoms with Crippen LogP contribution in [0, 0.1) is 11.7 Å². The summed E-state index contributed by atoms with van der Waals surface area (Å²) < 4.78 is 13.5. The first-order valence-electron chi connectivity index (χ1n) is 6.86. The summed E-state index contributed by atoms with van der Waals surface area (Å²) in [6, 6.07) is 4.41. The molecule has 0 unspecified atom stereocenters. The molecule has 0 heterocycles. The minimum absolute atomic E-state index is 0.0791. The van der Waals surface area contributed by atoms with Crippen LogP contribution in [-0.2, 0) is 11.2 Å². The minimum atomic E-state index is -0.416. The lowest BCUT2D eigenvalue weighted by Gasteiger charge is -2.21. The van der Waals surface area contributed by atoms with E-state index in [9.17, 15) is 9.18 Å². The fourth-order valence-electron chi connectivity index (χ4n) is 2.55. The highest BCUT2D eigenvalue weighted by Crippen LogP contribution is 2.22. The molecule has 1 aromatic carbocycles. The number of carbonyl (C=O) groups excluding carboxylic acids is 1. The quantitative estimate of drug-likeness (QED) is 0.896. The molecule has 0 bridgehead atoms. The fourth-order valence-corrected chi connectivity index (χ4v) is 2.71. The normalized spacial score (nSPS) is 16.3. The van der Waals surface area contributed by atoms with Crippen molar-refractivity contribution in [3.8, 4) is 0 Å². The first kappa shape index (κ1) is 14.3. The first-order valence-corrected chi connectivity index (χ1v) is 7.23. The van der Waals surface area contributed by atoms with E-state index in [1.165, 1.54) is 38.2 Å². The maximum atomic E-state index is 13.5. The number of hydrogen-bond acceptors (Lipinski definition) is 1. The Balaban J connectivity index is 1.80. The predicted molar refractivity (Wildman–Crippen MR) is 74.7 cm³/mol. The van der Waals surface area contributed by atoms with E-state index in [4.69, 9.17) is 11.6 Å². The summed E-state index contributed by atoms with van der Waals surface area (Å²) in [5, 5.41) is 3.25. The van der Waals surface area contributed by atoms with E-state index >= 15 is 0 Å². The summed E-state index contributed by atoms with van der Waals surface area (Å²) in [5.41, 5.74) is 0.394. The van der Waals surface area contributed by atoms with E-state index in [-0.39, 0.29) is 12.3 Å². The summed E-state index contributed by atoms with van der Waals surface area (Å²) in [6.45, 7) is 0.716. The van der Waals surface area contributed by atoms with Crippen LogP contribution >= 0.6 is 11.6 Å². The van der Waals surface area contributed by atoms with E-state index in [1.807, 2.05) is 0 Å². The van der Waals surface area contributed by atoms with Crippen molar-refractivity contribution in [3.05, 3.63) is 34.6 Å². The smallest absolute Gasteiger partial charge is 0.224 e. The molecule has 2 rings (SSSR count). The molecule has 19 heavy (non-hydrogen) atoms. The lowest BCUT2D eigenvalue weighted by atomic mass is 9.89. The molecule has 4 heteroatoms. The van der Waals surface area contributed by atoms with E-state index in [2.05, 4.69) is 5.32 Å². The Kier molecular flexibility index (Phi) is 5.20. The summed E-state index contributed by atoms with van der Waals surface area (Å²) in [5.74, 6) is 0.0554. The number of carbonyl (C=O) groups is 1. The molecule has 1 aliphatic carbocycles. The zero-order valence-corrected chi connectivity index (χ0v) is 11.7. The number of halogens is 2. The van der Waals surface area contributed by atoms with Crippen LogP contribution in [-0.4, -0.2) is 12.5 Å². The zero-order chi connectivity index (χ0) is 13.7. The average molecular weight is 284 g/mol. The Hall–Kier alpha value is -1.09. The van der Waals surface area contributed by atoms with Crippen LogP contribution in [0.2, 0.25) is 5.02 Å². The lowest BCUT2D eigenvalue weighted by molar-refractivity contribution is -0.120. The molecule has 2 nitrogen and oxygen atoms in total. The van der Waals surface area contributed by atoms with Crippen molar-refractivity contribution in [1.29, 1.82) is 0 Å². The third kappa shape index (κ3) is 4.50. The molecular formula is C15H19ClFNO. The van der Waals surface area contributed by atoms with Crippen molar-refractivity contribution >= 4 is 17.5 Å². The van der Waals surface area contributed by atoms with Gasteiger partial charge in [-0.25, -0.2) is 4.39 Å². The second kappa shape index (κ2) is 6.90. The monoisotopic (exact) mass is 283 g/mol. The van der Waals surface area contributed by atoms with Crippen molar-refractivity contribution in [2.24, 2.45) is 5.92 Å². The minimum Gasteiger partial charge on any atom is -0.356 e. The number of nitrogens with one attached hydrogen (secondary N) is 1. The molecule has 1 saturated carbocycles. The molecule has 1 aliphatic rings. The molecule has 0 saturated heterocycles. The van der Waals surface area contributed by atoms with Crippen LogP contribution < -0.4 is 5.32 Å². The summed E-state index contributed by atoms with van der Waals surface area (Å²) in [4.78, 5) is 11.8. The van der Waals surface area contributed by atoms with Crippen LogP contribution in [0.15, 0.2) is 18.2 Å². The molecule has 1 N–H and O–H groups in total. The standard InChI is InChI=1S/C15H19ClFNO/c16-13-7-6-12(14(17)9-13)8-15(19)18-10-11-4-2-1-3-5-11/h6-7,9,11H,1-5,8,10H2,(H,18,19). The maximum absolute atomic E-state index is 13.5. The van der Waals surface area contributed by atoms with Gasteiger partial charge in [0.15, 0.2) is 0 Å². The second-order valence-corrected chi connectivity index (χ2v) is 5.66. The third-order valence-electron chi connectivity index (χ3n) is 3.68. The van der Waals surface area contributed by atoms with Gasteiger partial charge >= 0.3 is 0 Å². The molecule has 0 radical (unpaired) electrons. The first-order chi connectivity index (χ1) is 9.15. The Morgan fingerprint density at radius 3 is 2.74 bits per heavy atom. The number of hydrogen-bond donors (Lipinski definition) is 1. The highest BCUT2D eigenvalue weighted by Gasteiger charge is 2.15. The summed E-state index contributed by atoms with van der Waals surface area (Å²) >= 11 is 5.68. The molecule has 0 aliphatic heterocycles. The van der Waals surface area contributed by atoms with Gasteiger partial charge in [0.2, 0.25) is 5.91 Å². The van der Waals surface area contributed by atoms with Crippen LogP contribution in [0.4, 0.5) is 4.39 Å². The van der Waals surface area contributed by atoms with Crippen LogP contribution in [0.3, 0.4) is 0 Å². The number of rotatable bonds is 4. The van der Waals surface area contributed by atoms with Crippen molar-refractivity contribution in [2.75, 3.05) is 6.54 Å². The van der Waals surface area contributed by atoms with Gasteiger partial charge in [-0.2, -0.15) is 0 Å². The van der Waals surface area contributed by atoms with Gasteiger partial charge in [0.25, 0.3) is 0 Å². The molecule has 0 spiro atoms. The Labute approximate surface area is 118 Å². The third-order valence-corrected chi connectivity index (χ3v) is 3.91. The SMILES string of the molecule is O=C(Cc1ccc(Cl)cc1F)NCC1CCCCC1. The van der Waals surface area contributed by atoms with Gasteiger partial charge in [-0.1, -0.05) is 36.9 Å². The predicted octanol–water partition coefficient (Wildman–Crippen LogP) is 3.72. The van der Waals surface area contributed by atoms with Crippen molar-refractivity contribution in [1.82, 2.24) is 5.32 Å². The van der Waals surface area contributed by atoms with Gasteiger partial charge < -0.3 is 5.32 Å². The maximum Gasteiger partial charge on any atom is 0.224 e. The molecular weight excluding hydrogens is 265 g/mol. The highest BCUT2D eigenvalue weighted by atomic mass is 35.5. The van der Waals surface area contributed by atoms with Gasteiger partial charge in [0.1, 0.15) is 5.82 Å². The fraction of sp³-hybridized carbons (Fsp3) is 0.533. The zero-order valence-electron chi connectivity index (χ0n) is 10.9. The van der Waals surface area contributed by atoms with Crippen LogP contribution in [0.1, 0.15) is 37.7 Å². The van der Waals surface area contributed by atoms with Crippen molar-refractivity contribution < 1.29 is 9.18 Å². The molecule has 0 atom stereocenters. The number of benzene rings is 1. The summed E-state index contributed by atoms with van der Waals surface area (Å²) in [6.07, 6.45) is 6.28. The second-order valence-electron chi connectivity index (χ2n) is 5.22. The Morgan fingerprint density at radius 2 is 2.05 bits per heavy atom. The van der Waals surface area contributed by atoms with Gasteiger partial charge in [-0.15, -0.1) is 0 Å². The molecule has 0 aromatic heterocycles. The molecule has 104 valence electrons. The largest absolute Gasteiger partial charge is 0.356 e. The van der Waals surface area contributed by atoms with Gasteiger partial charge in [0.05, 0.1) is 6.42 Å². The van der Waals surface area contributed by atoms with E-state index < -0.39 is 5.82 Å². The number of amides is 1. The lowest BCUT2D eigenvalue weighted by Crippen LogP contribution is -2.31. The molecule has 1 aromatic rings. The van der Waals surface area contributed by atoms with E-state index in [0.29, 0.717) is 23.0 Å². The summed E-state index contributed by atoms with van der Waals surface area (Å²) in [7, 11) is 0. The Bertz CT molecular complexity index is 444. The van der Waals surface area contributed by atoms with Gasteiger partial charge in [0, 0.05) is 11.6 Å². The van der Waals surface area contributed by atoms with Crippen LogP contribution in [0.25, 0.3) is 0 Å². The molecule has 1 fully saturated rings. The van der Waals surface area contributed by atoms with E-state index in [0.717, 1.165) is 0 Å². The van der Waals surface area contributed by atoms with Gasteiger partial charge in [-0.3, -0.25) is 4.79 Å². The topological polar surface area (TPSA) is 29.1 Å². The van der Waals surface area contributed by atoms with Crippen LogP contribution in [0.5, 0.6) is 0 Å². The molecule has 1 amide bonds. The Morgan fingerprint density at radius 1 is 1.32 bits per heavy atom. The highest BCUT2D eigenvalue weighted by molar-refractivity contribution is 6.30. The van der Waals surface area contributed by atoms with Crippen molar-refractivity contribution in [3.63, 3.8) is 0 Å². The van der Waals surface area contributed by atoms with Crippen molar-refractivity contribution in [2.45, 2.75) is 38.5 Å². The average Bonchev–Trinajstić information content (AvgIpc) is 2.41. The van der Waals surface area contributed by atoms with Gasteiger partial charge in [-0.05, 0) is 36.5 Å².